The highest BCUT2D eigenvalue weighted by Crippen LogP contribution is 2.45. The van der Waals surface area contributed by atoms with Gasteiger partial charge in [0.25, 0.3) is 0 Å². The molecule has 16 heavy (non-hydrogen) atoms. The van der Waals surface area contributed by atoms with Crippen LogP contribution in [0.4, 0.5) is 4.79 Å². The maximum Gasteiger partial charge on any atom is 0.347 e. The Hall–Kier alpha value is -1.54. The first kappa shape index (κ1) is 11.0. The minimum absolute atomic E-state index is 0.225. The monoisotopic (exact) mass is 221 g/mol. The second kappa shape index (κ2) is 3.80. The van der Waals surface area contributed by atoms with Gasteiger partial charge in [0.2, 0.25) is 0 Å². The van der Waals surface area contributed by atoms with E-state index in [1.54, 1.807) is 12.0 Å². The van der Waals surface area contributed by atoms with Gasteiger partial charge in [-0.15, -0.1) is 6.42 Å². The van der Waals surface area contributed by atoms with Crippen LogP contribution in [0.2, 0.25) is 0 Å². The van der Waals surface area contributed by atoms with E-state index in [1.165, 1.54) is 0 Å². The summed E-state index contributed by atoms with van der Waals surface area (Å²) < 4.78 is 5.20. The van der Waals surface area contributed by atoms with Gasteiger partial charge in [0, 0.05) is 7.11 Å². The van der Waals surface area contributed by atoms with Gasteiger partial charge in [-0.1, -0.05) is 5.92 Å². The Morgan fingerprint density at radius 3 is 2.94 bits per heavy atom. The number of carbonyl (C=O) groups is 1. The van der Waals surface area contributed by atoms with E-state index in [-0.39, 0.29) is 12.6 Å². The molecule has 86 valence electrons. The zero-order valence-electron chi connectivity index (χ0n) is 9.27. The summed E-state index contributed by atoms with van der Waals surface area (Å²) in [5.41, 5.74) is 5.29. The van der Waals surface area contributed by atoms with E-state index in [0.717, 1.165) is 12.8 Å². The first-order chi connectivity index (χ1) is 7.66. The van der Waals surface area contributed by atoms with Gasteiger partial charge in [0.05, 0.1) is 13.2 Å². The Balaban J connectivity index is 2.35. The third kappa shape index (κ3) is 1.38. The summed E-state index contributed by atoms with van der Waals surface area (Å²) >= 11 is 0. The average molecular weight is 221 g/mol. The Morgan fingerprint density at radius 2 is 2.44 bits per heavy atom. The summed E-state index contributed by atoms with van der Waals surface area (Å²) in [6, 6.07) is -0.348. The van der Waals surface area contributed by atoms with Crippen LogP contribution >= 0.6 is 0 Å². The van der Waals surface area contributed by atoms with E-state index >= 15 is 0 Å². The second-order valence-corrected chi connectivity index (χ2v) is 4.20. The number of amidine groups is 1. The molecule has 2 N–H and O–H groups in total. The predicted octanol–water partition coefficient (Wildman–Crippen LogP) is 0.208. The van der Waals surface area contributed by atoms with Crippen LogP contribution in [0, 0.1) is 18.3 Å². The smallest absolute Gasteiger partial charge is 0.347 e. The maximum absolute atomic E-state index is 11.7. The first-order valence-electron chi connectivity index (χ1n) is 5.25. The van der Waals surface area contributed by atoms with Crippen LogP contribution in [0.25, 0.3) is 0 Å². The van der Waals surface area contributed by atoms with E-state index in [4.69, 9.17) is 16.9 Å². The third-order valence-corrected chi connectivity index (χ3v) is 3.24. The lowest BCUT2D eigenvalue weighted by atomic mass is 9.91. The molecule has 2 aliphatic rings. The molecular formula is C11H15N3O2. The Labute approximate surface area is 94.6 Å². The van der Waals surface area contributed by atoms with Crippen molar-refractivity contribution in [1.29, 1.82) is 0 Å². The van der Waals surface area contributed by atoms with Crippen LogP contribution < -0.4 is 5.73 Å². The molecule has 1 heterocycles. The molecule has 1 fully saturated rings. The van der Waals surface area contributed by atoms with Gasteiger partial charge in [0.15, 0.2) is 0 Å². The summed E-state index contributed by atoms with van der Waals surface area (Å²) in [6.07, 6.45) is 7.35. The number of aliphatic imine (C=N–C) groups is 1. The van der Waals surface area contributed by atoms with E-state index < -0.39 is 5.54 Å². The van der Waals surface area contributed by atoms with Crippen molar-refractivity contribution in [3.63, 3.8) is 0 Å². The van der Waals surface area contributed by atoms with Crippen LogP contribution in [0.5, 0.6) is 0 Å². The Bertz CT molecular complexity index is 381. The fraction of sp³-hybridized carbons (Fsp3) is 0.636. The summed E-state index contributed by atoms with van der Waals surface area (Å²) in [7, 11) is 1.59. The van der Waals surface area contributed by atoms with Crippen molar-refractivity contribution >= 4 is 11.9 Å². The fourth-order valence-corrected chi connectivity index (χ4v) is 2.35. The number of rotatable bonds is 4. The third-order valence-electron chi connectivity index (χ3n) is 3.24. The molecule has 0 bridgehead atoms. The van der Waals surface area contributed by atoms with Crippen LogP contribution in [-0.4, -0.2) is 42.6 Å². The molecule has 1 unspecified atom stereocenters. The molecule has 0 aromatic rings. The Kier molecular flexibility index (Phi) is 2.60. The quantitative estimate of drug-likeness (QED) is 0.690. The molecule has 0 saturated heterocycles. The van der Waals surface area contributed by atoms with Gasteiger partial charge < -0.3 is 10.5 Å². The lowest BCUT2D eigenvalue weighted by Crippen LogP contribution is -2.59. The molecule has 5 heteroatoms. The minimum atomic E-state index is -0.599. The summed E-state index contributed by atoms with van der Waals surface area (Å²) in [4.78, 5) is 17.1. The molecular weight excluding hydrogens is 206 g/mol. The van der Waals surface area contributed by atoms with Gasteiger partial charge >= 0.3 is 6.03 Å². The molecule has 2 rings (SSSR count). The van der Waals surface area contributed by atoms with Gasteiger partial charge in [-0.2, -0.15) is 4.99 Å². The van der Waals surface area contributed by atoms with Crippen molar-refractivity contribution in [2.24, 2.45) is 16.6 Å². The van der Waals surface area contributed by atoms with Gasteiger partial charge in [0.1, 0.15) is 11.4 Å². The highest BCUT2D eigenvalue weighted by molar-refractivity contribution is 6.06. The number of terminal acetylenes is 1. The molecule has 0 spiro atoms. The molecule has 0 aromatic heterocycles. The predicted molar refractivity (Wildman–Crippen MR) is 59.9 cm³/mol. The van der Waals surface area contributed by atoms with Gasteiger partial charge in [-0.25, -0.2) is 4.79 Å². The van der Waals surface area contributed by atoms with E-state index in [0.29, 0.717) is 18.4 Å². The molecule has 2 amide bonds. The number of methoxy groups -OCH3 is 1. The van der Waals surface area contributed by atoms with Crippen molar-refractivity contribution in [2.45, 2.75) is 18.4 Å². The number of ether oxygens (including phenoxy) is 1. The highest BCUT2D eigenvalue weighted by atomic mass is 16.5. The lowest BCUT2D eigenvalue weighted by molar-refractivity contribution is 0.0766. The lowest BCUT2D eigenvalue weighted by Gasteiger charge is -2.36. The largest absolute Gasteiger partial charge is 0.385 e. The summed E-state index contributed by atoms with van der Waals surface area (Å²) in [6.45, 7) is 0.587. The summed E-state index contributed by atoms with van der Waals surface area (Å²) in [5, 5.41) is 0. The van der Waals surface area contributed by atoms with E-state index in [1.807, 2.05) is 0 Å². The van der Waals surface area contributed by atoms with Gasteiger partial charge in [-0.05, 0) is 18.8 Å². The number of hydrogen-bond donors (Lipinski definition) is 1. The van der Waals surface area contributed by atoms with Crippen molar-refractivity contribution in [3.8, 4) is 12.3 Å². The van der Waals surface area contributed by atoms with Crippen LogP contribution in [0.3, 0.4) is 0 Å². The average Bonchev–Trinajstić information content (AvgIpc) is 3.03. The molecule has 1 aliphatic heterocycles. The van der Waals surface area contributed by atoms with E-state index in [2.05, 4.69) is 10.9 Å². The normalized spacial score (nSPS) is 29.1. The first-order valence-corrected chi connectivity index (χ1v) is 5.25. The van der Waals surface area contributed by atoms with Crippen LogP contribution in [0.1, 0.15) is 12.8 Å². The molecule has 1 aliphatic carbocycles. The van der Waals surface area contributed by atoms with Crippen molar-refractivity contribution in [2.75, 3.05) is 20.3 Å². The standard InChI is InChI=1S/C11H15N3O2/c1-3-6-14-10(15)13-9(12)11(14,7-16-2)8-4-5-8/h1,8H,4-7H2,2H3,(H2,12,13,15). The van der Waals surface area contributed by atoms with E-state index in [9.17, 15) is 4.79 Å². The number of nitrogens with zero attached hydrogens (tertiary/aromatic N) is 2. The molecule has 1 saturated carbocycles. The molecule has 1 atom stereocenters. The highest BCUT2D eigenvalue weighted by Gasteiger charge is 2.57. The molecule has 5 nitrogen and oxygen atoms in total. The van der Waals surface area contributed by atoms with Crippen LogP contribution in [0.15, 0.2) is 4.99 Å². The summed E-state index contributed by atoms with van der Waals surface area (Å²) in [5.74, 6) is 3.15. The molecule has 0 radical (unpaired) electrons. The van der Waals surface area contributed by atoms with Crippen molar-refractivity contribution in [1.82, 2.24) is 4.90 Å². The van der Waals surface area contributed by atoms with Crippen molar-refractivity contribution < 1.29 is 9.53 Å². The zero-order chi connectivity index (χ0) is 11.8. The maximum atomic E-state index is 11.7. The number of nitrogens with two attached hydrogens (primary N) is 1. The second-order valence-electron chi connectivity index (χ2n) is 4.20. The zero-order valence-corrected chi connectivity index (χ0v) is 9.27. The molecule has 0 aromatic carbocycles. The number of hydrogen-bond acceptors (Lipinski definition) is 3. The van der Waals surface area contributed by atoms with Gasteiger partial charge in [-0.3, -0.25) is 4.90 Å². The minimum Gasteiger partial charge on any atom is -0.385 e. The van der Waals surface area contributed by atoms with Crippen LogP contribution in [-0.2, 0) is 4.74 Å². The number of urea groups is 1. The number of carbonyl (C=O) groups excluding carboxylic acids is 1. The number of amides is 2. The van der Waals surface area contributed by atoms with Crippen molar-refractivity contribution in [3.05, 3.63) is 0 Å². The Morgan fingerprint density at radius 1 is 1.75 bits per heavy atom. The topological polar surface area (TPSA) is 67.9 Å². The fourth-order valence-electron chi connectivity index (χ4n) is 2.35. The SMILES string of the molecule is C#CCN1C(=O)N=C(N)C1(COC)C1CC1.